The number of sulfonamides is 1. The number of guanidine groups is 1. The van der Waals surface area contributed by atoms with Crippen molar-refractivity contribution >= 4 is 16.0 Å². The van der Waals surface area contributed by atoms with Crippen LogP contribution in [0.25, 0.3) is 0 Å². The third-order valence-electron chi connectivity index (χ3n) is 5.79. The molecule has 2 saturated heterocycles. The second kappa shape index (κ2) is 9.65. The number of piperazine rings is 1. The summed E-state index contributed by atoms with van der Waals surface area (Å²) >= 11 is 0. The Hall–Kier alpha value is -1.65. The Kier molecular flexibility index (Phi) is 7.41. The highest BCUT2D eigenvalue weighted by Crippen LogP contribution is 2.33. The number of ether oxygens (including phenoxy) is 1. The maximum atomic E-state index is 12.6. The van der Waals surface area contributed by atoms with E-state index in [4.69, 9.17) is 9.26 Å². The zero-order chi connectivity index (χ0) is 21.8. The quantitative estimate of drug-likeness (QED) is 0.546. The lowest BCUT2D eigenvalue weighted by Crippen LogP contribution is -2.55. The molecule has 0 aromatic carbocycles. The first-order valence-electron chi connectivity index (χ1n) is 10.6. The van der Waals surface area contributed by atoms with Crippen LogP contribution in [0, 0.1) is 11.3 Å². The zero-order valence-electron chi connectivity index (χ0n) is 18.5. The van der Waals surface area contributed by atoms with Crippen LogP contribution in [-0.2, 0) is 20.5 Å². The van der Waals surface area contributed by atoms with Crippen molar-refractivity contribution in [3.8, 4) is 0 Å². The third-order valence-corrected chi connectivity index (χ3v) is 7.60. The van der Waals surface area contributed by atoms with Gasteiger partial charge in [0.15, 0.2) is 5.96 Å². The van der Waals surface area contributed by atoms with Crippen molar-refractivity contribution in [3.05, 3.63) is 18.0 Å². The van der Waals surface area contributed by atoms with Gasteiger partial charge < -0.3 is 19.5 Å². The largest absolute Gasteiger partial charge is 0.377 e. The molecule has 1 aromatic rings. The van der Waals surface area contributed by atoms with Crippen molar-refractivity contribution in [2.75, 3.05) is 46.4 Å². The van der Waals surface area contributed by atoms with Gasteiger partial charge >= 0.3 is 0 Å². The summed E-state index contributed by atoms with van der Waals surface area (Å²) < 4.78 is 37.6. The lowest BCUT2D eigenvalue weighted by atomic mass is 9.78. The highest BCUT2D eigenvalue weighted by Gasteiger charge is 2.36. The molecule has 2 atom stereocenters. The van der Waals surface area contributed by atoms with Gasteiger partial charge in [-0.05, 0) is 18.3 Å². The minimum Gasteiger partial charge on any atom is -0.377 e. The van der Waals surface area contributed by atoms with E-state index < -0.39 is 10.0 Å². The second-order valence-corrected chi connectivity index (χ2v) is 11.1. The molecular weight excluding hydrogens is 406 g/mol. The van der Waals surface area contributed by atoms with Crippen LogP contribution in [0.4, 0.5) is 0 Å². The molecule has 1 aromatic heterocycles. The van der Waals surface area contributed by atoms with Crippen LogP contribution in [0.3, 0.4) is 0 Å². The number of aromatic nitrogens is 1. The van der Waals surface area contributed by atoms with Crippen molar-refractivity contribution in [2.24, 2.45) is 16.3 Å². The summed E-state index contributed by atoms with van der Waals surface area (Å²) in [5.74, 6) is 1.12. The van der Waals surface area contributed by atoms with Gasteiger partial charge in [-0.2, -0.15) is 4.31 Å². The minimum atomic E-state index is -3.41. The van der Waals surface area contributed by atoms with Gasteiger partial charge in [-0.1, -0.05) is 25.9 Å². The van der Waals surface area contributed by atoms with Crippen molar-refractivity contribution < 1.29 is 17.7 Å². The Labute approximate surface area is 179 Å². The van der Waals surface area contributed by atoms with Gasteiger partial charge in [-0.15, -0.1) is 0 Å². The molecule has 2 aliphatic heterocycles. The Morgan fingerprint density at radius 1 is 1.30 bits per heavy atom. The van der Waals surface area contributed by atoms with E-state index in [0.717, 1.165) is 32.0 Å². The van der Waals surface area contributed by atoms with Crippen molar-refractivity contribution in [1.29, 1.82) is 0 Å². The highest BCUT2D eigenvalue weighted by molar-refractivity contribution is 7.88. The first-order chi connectivity index (χ1) is 14.2. The van der Waals surface area contributed by atoms with Crippen LogP contribution in [0.1, 0.15) is 39.3 Å². The standard InChI is InChI=1S/C20H35N5O4S/c1-20(2,3)18-16(6-5-12-28-18)14-22-19(21-4)24-8-10-25(11-9-24)30(26,27)15-17-7-13-29-23-17/h7,13,16,18H,5-6,8-12,14-15H2,1-4H3,(H,21,22). The Morgan fingerprint density at radius 3 is 2.63 bits per heavy atom. The molecule has 0 spiro atoms. The molecule has 10 heteroatoms. The molecule has 2 fully saturated rings. The van der Waals surface area contributed by atoms with Crippen LogP contribution in [-0.4, -0.2) is 81.2 Å². The molecule has 0 aliphatic carbocycles. The molecule has 0 bridgehead atoms. The fourth-order valence-electron chi connectivity index (χ4n) is 4.33. The molecule has 170 valence electrons. The van der Waals surface area contributed by atoms with Crippen molar-refractivity contribution in [1.82, 2.24) is 19.7 Å². The van der Waals surface area contributed by atoms with E-state index in [1.54, 1.807) is 13.1 Å². The third kappa shape index (κ3) is 5.73. The normalized spacial score (nSPS) is 24.8. The van der Waals surface area contributed by atoms with Crippen molar-refractivity contribution in [2.45, 2.75) is 45.5 Å². The topological polar surface area (TPSA) is 100 Å². The molecule has 0 saturated carbocycles. The van der Waals surface area contributed by atoms with Gasteiger partial charge in [0.1, 0.15) is 12.0 Å². The number of hydrogen-bond donors (Lipinski definition) is 1. The summed E-state index contributed by atoms with van der Waals surface area (Å²) in [6, 6.07) is 1.58. The zero-order valence-corrected chi connectivity index (χ0v) is 19.3. The molecule has 0 amide bonds. The van der Waals surface area contributed by atoms with Gasteiger partial charge in [0.2, 0.25) is 10.0 Å². The SMILES string of the molecule is CN=C(NCC1CCCOC1C(C)(C)C)N1CCN(S(=O)(=O)Cc2ccon2)CC1. The molecule has 9 nitrogen and oxygen atoms in total. The van der Waals surface area contributed by atoms with Crippen LogP contribution >= 0.6 is 0 Å². The lowest BCUT2D eigenvalue weighted by molar-refractivity contribution is -0.0836. The Bertz CT molecular complexity index is 796. The van der Waals surface area contributed by atoms with E-state index in [1.807, 2.05) is 0 Å². The molecule has 1 N–H and O–H groups in total. The molecule has 2 aliphatic rings. The van der Waals surface area contributed by atoms with Crippen LogP contribution in [0.15, 0.2) is 21.8 Å². The van der Waals surface area contributed by atoms with Crippen LogP contribution in [0.2, 0.25) is 0 Å². The van der Waals surface area contributed by atoms with Gasteiger partial charge in [-0.3, -0.25) is 4.99 Å². The molecule has 3 rings (SSSR count). The minimum absolute atomic E-state index is 0.0973. The van der Waals surface area contributed by atoms with Crippen LogP contribution in [0.5, 0.6) is 0 Å². The summed E-state index contributed by atoms with van der Waals surface area (Å²) in [6.07, 6.45) is 3.83. The molecular formula is C20H35N5O4S. The maximum absolute atomic E-state index is 12.6. The number of aliphatic imine (C=N–C) groups is 1. The highest BCUT2D eigenvalue weighted by atomic mass is 32.2. The number of nitrogens with zero attached hydrogens (tertiary/aromatic N) is 4. The number of hydrogen-bond acceptors (Lipinski definition) is 6. The summed E-state index contributed by atoms with van der Waals surface area (Å²) in [4.78, 5) is 6.55. The first-order valence-corrected chi connectivity index (χ1v) is 12.3. The fraction of sp³-hybridized carbons (Fsp3) is 0.800. The smallest absolute Gasteiger partial charge is 0.220 e. The average Bonchev–Trinajstić information content (AvgIpc) is 3.21. The number of nitrogens with one attached hydrogen (secondary N) is 1. The first kappa shape index (κ1) is 23.0. The summed E-state index contributed by atoms with van der Waals surface area (Å²) in [5, 5.41) is 7.22. The summed E-state index contributed by atoms with van der Waals surface area (Å²) in [6.45, 7) is 10.4. The molecule has 2 unspecified atom stereocenters. The van der Waals surface area contributed by atoms with E-state index in [-0.39, 0.29) is 17.3 Å². The fourth-order valence-corrected chi connectivity index (χ4v) is 5.76. The van der Waals surface area contributed by atoms with Gasteiger partial charge in [0, 0.05) is 58.4 Å². The van der Waals surface area contributed by atoms with Gasteiger partial charge in [-0.25, -0.2) is 8.42 Å². The Balaban J connectivity index is 1.52. The number of rotatable bonds is 5. The van der Waals surface area contributed by atoms with Gasteiger partial charge in [0.25, 0.3) is 0 Å². The maximum Gasteiger partial charge on any atom is 0.220 e. The van der Waals surface area contributed by atoms with Gasteiger partial charge in [0.05, 0.1) is 11.8 Å². The molecule has 30 heavy (non-hydrogen) atoms. The predicted molar refractivity (Wildman–Crippen MR) is 116 cm³/mol. The molecule has 0 radical (unpaired) electrons. The monoisotopic (exact) mass is 441 g/mol. The Morgan fingerprint density at radius 2 is 2.03 bits per heavy atom. The van der Waals surface area contributed by atoms with E-state index in [9.17, 15) is 8.42 Å². The second-order valence-electron chi connectivity index (χ2n) is 9.12. The van der Waals surface area contributed by atoms with E-state index in [2.05, 4.69) is 41.1 Å². The van der Waals surface area contributed by atoms with Crippen LogP contribution < -0.4 is 5.32 Å². The predicted octanol–water partition coefficient (Wildman–Crippen LogP) is 1.54. The van der Waals surface area contributed by atoms with Crippen molar-refractivity contribution in [3.63, 3.8) is 0 Å². The lowest BCUT2D eigenvalue weighted by Gasteiger charge is -2.41. The summed E-state index contributed by atoms with van der Waals surface area (Å²) in [5.41, 5.74) is 0.526. The summed E-state index contributed by atoms with van der Waals surface area (Å²) in [7, 11) is -1.64. The van der Waals surface area contributed by atoms with E-state index in [1.165, 1.54) is 10.6 Å². The van der Waals surface area contributed by atoms with E-state index in [0.29, 0.717) is 37.8 Å². The molecule has 3 heterocycles. The average molecular weight is 442 g/mol. The van der Waals surface area contributed by atoms with E-state index >= 15 is 0 Å².